The molecule has 0 heterocycles. The third-order valence-electron chi connectivity index (χ3n) is 5.82. The fourth-order valence-corrected chi connectivity index (χ4v) is 6.55. The molecule has 1 nitrogen and oxygen atoms in total. The molecular weight excluding hydrogens is 264 g/mol. The Hall–Kier alpha value is -0.470. The van der Waals surface area contributed by atoms with Gasteiger partial charge in [0.1, 0.15) is 0 Å². The Bertz CT molecular complexity index is 443. The summed E-state index contributed by atoms with van der Waals surface area (Å²) in [5, 5.41) is 9.11. The number of benzene rings is 1. The fraction of sp³-hybridized carbons (Fsp3) is 0.667. The molecule has 0 saturated heterocycles. The first kappa shape index (κ1) is 13.2. The Kier molecular flexibility index (Phi) is 3.35. The average molecular weight is 288 g/mol. The van der Waals surface area contributed by atoms with E-state index in [1.165, 1.54) is 49.2 Å². The lowest BCUT2D eigenvalue weighted by molar-refractivity contribution is -0.0381. The number of aliphatic hydroxyl groups excluding tert-OH is 1. The molecule has 0 amide bonds. The van der Waals surface area contributed by atoms with Gasteiger partial charge >= 0.3 is 0 Å². The SMILES string of the molecule is OCc1ccc(SCC23CC4CC(CC(C4)C2)C3)cc1. The maximum Gasteiger partial charge on any atom is 0.0681 e. The van der Waals surface area contributed by atoms with E-state index in [4.69, 9.17) is 5.11 Å². The Morgan fingerprint density at radius 3 is 2.00 bits per heavy atom. The quantitative estimate of drug-likeness (QED) is 0.824. The van der Waals surface area contributed by atoms with Crippen molar-refractivity contribution in [2.45, 2.75) is 50.0 Å². The molecule has 0 radical (unpaired) electrons. The van der Waals surface area contributed by atoms with Crippen molar-refractivity contribution >= 4 is 11.8 Å². The van der Waals surface area contributed by atoms with Crippen molar-refractivity contribution < 1.29 is 5.11 Å². The summed E-state index contributed by atoms with van der Waals surface area (Å²) in [5.41, 5.74) is 1.68. The summed E-state index contributed by atoms with van der Waals surface area (Å²) in [5.74, 6) is 4.48. The van der Waals surface area contributed by atoms with E-state index >= 15 is 0 Å². The predicted molar refractivity (Wildman–Crippen MR) is 83.7 cm³/mol. The van der Waals surface area contributed by atoms with Crippen LogP contribution < -0.4 is 0 Å². The summed E-state index contributed by atoms with van der Waals surface area (Å²) in [4.78, 5) is 1.37. The molecular formula is C18H24OS. The number of hydrogen-bond donors (Lipinski definition) is 1. The highest BCUT2D eigenvalue weighted by molar-refractivity contribution is 7.99. The minimum absolute atomic E-state index is 0.153. The van der Waals surface area contributed by atoms with Gasteiger partial charge in [-0.1, -0.05) is 12.1 Å². The van der Waals surface area contributed by atoms with Crippen molar-refractivity contribution in [2.75, 3.05) is 5.75 Å². The molecule has 0 unspecified atom stereocenters. The van der Waals surface area contributed by atoms with Crippen LogP contribution in [-0.4, -0.2) is 10.9 Å². The van der Waals surface area contributed by atoms with Gasteiger partial charge in [0.25, 0.3) is 0 Å². The van der Waals surface area contributed by atoms with E-state index in [2.05, 4.69) is 24.3 Å². The fourth-order valence-electron chi connectivity index (χ4n) is 5.39. The molecule has 5 rings (SSSR count). The monoisotopic (exact) mass is 288 g/mol. The molecule has 4 bridgehead atoms. The van der Waals surface area contributed by atoms with Gasteiger partial charge in [-0.25, -0.2) is 0 Å². The second-order valence-electron chi connectivity index (χ2n) is 7.51. The Labute approximate surface area is 126 Å². The average Bonchev–Trinajstić information content (AvgIpc) is 2.44. The molecule has 0 aliphatic heterocycles. The van der Waals surface area contributed by atoms with Crippen molar-refractivity contribution in [3.05, 3.63) is 29.8 Å². The van der Waals surface area contributed by atoms with Gasteiger partial charge in [0.05, 0.1) is 6.61 Å². The molecule has 4 saturated carbocycles. The lowest BCUT2D eigenvalue weighted by Crippen LogP contribution is -2.47. The standard InChI is InChI=1S/C18H24OS/c19-11-13-1-3-17(4-2-13)20-12-18-8-14-5-15(9-18)7-16(6-14)10-18/h1-4,14-16,19H,5-12H2. The number of rotatable bonds is 4. The van der Waals surface area contributed by atoms with Crippen molar-refractivity contribution in [2.24, 2.45) is 23.2 Å². The van der Waals surface area contributed by atoms with Crippen molar-refractivity contribution in [1.82, 2.24) is 0 Å². The van der Waals surface area contributed by atoms with Gasteiger partial charge in [0.15, 0.2) is 0 Å². The molecule has 20 heavy (non-hydrogen) atoms. The lowest BCUT2D eigenvalue weighted by atomic mass is 9.50. The van der Waals surface area contributed by atoms with Gasteiger partial charge < -0.3 is 5.11 Å². The van der Waals surface area contributed by atoms with E-state index in [-0.39, 0.29) is 6.61 Å². The van der Waals surface area contributed by atoms with E-state index < -0.39 is 0 Å². The molecule has 108 valence electrons. The van der Waals surface area contributed by atoms with Gasteiger partial charge in [0.2, 0.25) is 0 Å². The smallest absolute Gasteiger partial charge is 0.0681 e. The summed E-state index contributed by atoms with van der Waals surface area (Å²) in [6.45, 7) is 0.153. The van der Waals surface area contributed by atoms with E-state index in [1.807, 2.05) is 11.8 Å². The van der Waals surface area contributed by atoms with Crippen molar-refractivity contribution in [1.29, 1.82) is 0 Å². The van der Waals surface area contributed by atoms with Gasteiger partial charge in [-0.2, -0.15) is 0 Å². The van der Waals surface area contributed by atoms with Gasteiger partial charge in [-0.3, -0.25) is 0 Å². The summed E-state index contributed by atoms with van der Waals surface area (Å²) in [6.07, 6.45) is 9.11. The Balaban J connectivity index is 1.43. The highest BCUT2D eigenvalue weighted by Crippen LogP contribution is 2.61. The molecule has 0 spiro atoms. The van der Waals surface area contributed by atoms with E-state index in [1.54, 1.807) is 0 Å². The zero-order valence-corrected chi connectivity index (χ0v) is 12.9. The number of aliphatic hydroxyl groups is 1. The Morgan fingerprint density at radius 2 is 1.50 bits per heavy atom. The van der Waals surface area contributed by atoms with E-state index in [9.17, 15) is 0 Å². The van der Waals surface area contributed by atoms with Crippen LogP contribution in [0.3, 0.4) is 0 Å². The van der Waals surface area contributed by atoms with Crippen molar-refractivity contribution in [3.8, 4) is 0 Å². The second-order valence-corrected chi connectivity index (χ2v) is 8.56. The number of thioether (sulfide) groups is 1. The van der Waals surface area contributed by atoms with Crippen LogP contribution in [0.15, 0.2) is 29.2 Å². The summed E-state index contributed by atoms with van der Waals surface area (Å²) < 4.78 is 0. The van der Waals surface area contributed by atoms with Gasteiger partial charge in [-0.05, 0) is 79.4 Å². The maximum absolute atomic E-state index is 9.11. The molecule has 0 atom stereocenters. The first-order valence-corrected chi connectivity index (χ1v) is 9.06. The highest BCUT2D eigenvalue weighted by atomic mass is 32.2. The zero-order chi connectivity index (χ0) is 13.6. The van der Waals surface area contributed by atoms with Crippen LogP contribution in [-0.2, 0) is 6.61 Å². The van der Waals surface area contributed by atoms with Crippen LogP contribution in [0.1, 0.15) is 44.1 Å². The van der Waals surface area contributed by atoms with E-state index in [0.29, 0.717) is 5.41 Å². The highest BCUT2D eigenvalue weighted by Gasteiger charge is 2.50. The third-order valence-corrected chi connectivity index (χ3v) is 7.18. The van der Waals surface area contributed by atoms with Crippen LogP contribution in [0.25, 0.3) is 0 Å². The van der Waals surface area contributed by atoms with Crippen LogP contribution in [0.5, 0.6) is 0 Å². The molecule has 1 N–H and O–H groups in total. The van der Waals surface area contributed by atoms with Crippen LogP contribution >= 0.6 is 11.8 Å². The lowest BCUT2D eigenvalue weighted by Gasteiger charge is -2.56. The third kappa shape index (κ3) is 2.42. The summed E-state index contributed by atoms with van der Waals surface area (Å²) >= 11 is 2.05. The summed E-state index contributed by atoms with van der Waals surface area (Å²) in [6, 6.07) is 8.47. The molecule has 2 heteroatoms. The van der Waals surface area contributed by atoms with Gasteiger partial charge in [-0.15, -0.1) is 11.8 Å². The molecule has 4 aliphatic rings. The zero-order valence-electron chi connectivity index (χ0n) is 12.1. The summed E-state index contributed by atoms with van der Waals surface area (Å²) in [7, 11) is 0. The first-order valence-electron chi connectivity index (χ1n) is 8.07. The maximum atomic E-state index is 9.11. The molecule has 4 aliphatic carbocycles. The molecule has 0 aromatic heterocycles. The van der Waals surface area contributed by atoms with Crippen molar-refractivity contribution in [3.63, 3.8) is 0 Å². The van der Waals surface area contributed by atoms with Crippen LogP contribution in [0, 0.1) is 23.2 Å². The normalized spacial score (nSPS) is 38.4. The molecule has 1 aromatic carbocycles. The minimum atomic E-state index is 0.153. The number of hydrogen-bond acceptors (Lipinski definition) is 2. The Morgan fingerprint density at radius 1 is 0.950 bits per heavy atom. The topological polar surface area (TPSA) is 20.2 Å². The largest absolute Gasteiger partial charge is 0.392 e. The van der Waals surface area contributed by atoms with E-state index in [0.717, 1.165) is 23.3 Å². The molecule has 1 aromatic rings. The molecule has 4 fully saturated rings. The second kappa shape index (κ2) is 5.06. The van der Waals surface area contributed by atoms with Gasteiger partial charge in [0, 0.05) is 10.6 Å². The predicted octanol–water partition coefficient (Wildman–Crippen LogP) is 4.49. The van der Waals surface area contributed by atoms with Crippen LogP contribution in [0.2, 0.25) is 0 Å². The van der Waals surface area contributed by atoms with Crippen LogP contribution in [0.4, 0.5) is 0 Å². The minimum Gasteiger partial charge on any atom is -0.392 e. The first-order chi connectivity index (χ1) is 9.75.